The molecule has 0 fully saturated rings. The van der Waals surface area contributed by atoms with Gasteiger partial charge in [-0.05, 0) is 54.9 Å². The molecule has 1 heterocycles. The number of rotatable bonds is 9. The van der Waals surface area contributed by atoms with Crippen LogP contribution in [0.25, 0.3) is 11.3 Å². The van der Waals surface area contributed by atoms with Crippen LogP contribution in [0.15, 0.2) is 72.8 Å². The number of nitrogens with one attached hydrogen (secondary N) is 2. The van der Waals surface area contributed by atoms with Crippen molar-refractivity contribution in [3.63, 3.8) is 0 Å². The van der Waals surface area contributed by atoms with Gasteiger partial charge in [-0.15, -0.1) is 0 Å². The lowest BCUT2D eigenvalue weighted by Gasteiger charge is -2.18. The Morgan fingerprint density at radius 2 is 1.66 bits per heavy atom. The number of fused-ring (bicyclic) bond motifs is 1. The third-order valence-corrected chi connectivity index (χ3v) is 6.33. The highest BCUT2D eigenvalue weighted by Gasteiger charge is 2.29. The number of hydrogen-bond acceptors (Lipinski definition) is 5. The van der Waals surface area contributed by atoms with Crippen LogP contribution in [-0.4, -0.2) is 43.5 Å². The van der Waals surface area contributed by atoms with Crippen molar-refractivity contribution >= 4 is 34.5 Å². The van der Waals surface area contributed by atoms with Gasteiger partial charge in [0.15, 0.2) is 0 Å². The maximum Gasteiger partial charge on any atom is 0.337 e. The van der Waals surface area contributed by atoms with Gasteiger partial charge in [0, 0.05) is 17.8 Å². The van der Waals surface area contributed by atoms with Gasteiger partial charge in [-0.1, -0.05) is 62.4 Å². The number of esters is 1. The largest absolute Gasteiger partial charge is 0.465 e. The summed E-state index contributed by atoms with van der Waals surface area (Å²) in [6.07, 6.45) is 0.993. The third-order valence-electron chi connectivity index (χ3n) is 6.33. The molecule has 0 atom stereocenters. The second kappa shape index (κ2) is 11.0. The summed E-state index contributed by atoms with van der Waals surface area (Å²) in [4.78, 5) is 27.5. The Labute approximate surface area is 206 Å². The van der Waals surface area contributed by atoms with E-state index < -0.39 is 5.97 Å². The van der Waals surface area contributed by atoms with E-state index in [0.717, 1.165) is 42.9 Å². The SMILES string of the molecule is CCN(CC)CCc1ccc(N/C(=C2\C(=O)Nc3cc(C(=O)OC)ccc32)c2ccccc2)cc1. The fourth-order valence-electron chi connectivity index (χ4n) is 4.28. The van der Waals surface area contributed by atoms with Gasteiger partial charge in [-0.3, -0.25) is 4.79 Å². The summed E-state index contributed by atoms with van der Waals surface area (Å²) in [6, 6.07) is 23.3. The number of anilines is 2. The molecule has 6 heteroatoms. The first-order chi connectivity index (χ1) is 17.0. The zero-order chi connectivity index (χ0) is 24.8. The number of methoxy groups -OCH3 is 1. The minimum atomic E-state index is -0.443. The molecule has 3 aromatic carbocycles. The summed E-state index contributed by atoms with van der Waals surface area (Å²) in [7, 11) is 1.34. The molecule has 0 saturated carbocycles. The van der Waals surface area contributed by atoms with Crippen molar-refractivity contribution in [1.82, 2.24) is 4.90 Å². The van der Waals surface area contributed by atoms with Crippen molar-refractivity contribution in [1.29, 1.82) is 0 Å². The lowest BCUT2D eigenvalue weighted by atomic mass is 9.99. The molecule has 35 heavy (non-hydrogen) atoms. The van der Waals surface area contributed by atoms with Gasteiger partial charge < -0.3 is 20.3 Å². The van der Waals surface area contributed by atoms with Crippen LogP contribution < -0.4 is 10.6 Å². The molecular weight excluding hydrogens is 438 g/mol. The highest BCUT2D eigenvalue weighted by Crippen LogP contribution is 2.38. The fraction of sp³-hybridized carbons (Fsp3) is 0.241. The second-order valence-corrected chi connectivity index (χ2v) is 8.42. The zero-order valence-electron chi connectivity index (χ0n) is 20.4. The van der Waals surface area contributed by atoms with Gasteiger partial charge in [0.1, 0.15) is 0 Å². The number of benzene rings is 3. The molecule has 0 radical (unpaired) electrons. The van der Waals surface area contributed by atoms with Gasteiger partial charge in [-0.25, -0.2) is 4.79 Å². The van der Waals surface area contributed by atoms with Crippen LogP contribution in [0.2, 0.25) is 0 Å². The van der Waals surface area contributed by atoms with Crippen LogP contribution in [0.5, 0.6) is 0 Å². The standard InChI is InChI=1S/C29H31N3O3/c1-4-32(5-2)18-17-20-11-14-23(15-12-20)30-27(21-9-7-6-8-10-21)26-24-16-13-22(29(34)35-3)19-25(24)31-28(26)33/h6-16,19,30H,4-5,17-18H2,1-3H3,(H,31,33)/b27-26-. The lowest BCUT2D eigenvalue weighted by molar-refractivity contribution is -0.110. The molecule has 1 aliphatic heterocycles. The van der Waals surface area contributed by atoms with E-state index in [9.17, 15) is 9.59 Å². The summed E-state index contributed by atoms with van der Waals surface area (Å²) in [5.74, 6) is -0.661. The summed E-state index contributed by atoms with van der Waals surface area (Å²) >= 11 is 0. The lowest BCUT2D eigenvalue weighted by Crippen LogP contribution is -2.25. The van der Waals surface area contributed by atoms with Crippen LogP contribution in [0.3, 0.4) is 0 Å². The molecule has 0 aromatic heterocycles. The quantitative estimate of drug-likeness (QED) is 0.329. The van der Waals surface area contributed by atoms with Crippen LogP contribution in [0.1, 0.15) is 40.9 Å². The number of likely N-dealkylation sites (N-methyl/N-ethyl adjacent to an activating group) is 1. The monoisotopic (exact) mass is 469 g/mol. The molecule has 6 nitrogen and oxygen atoms in total. The molecule has 4 rings (SSSR count). The van der Waals surface area contributed by atoms with Gasteiger partial charge in [-0.2, -0.15) is 0 Å². The van der Waals surface area contributed by atoms with Crippen molar-refractivity contribution < 1.29 is 14.3 Å². The maximum absolute atomic E-state index is 13.1. The van der Waals surface area contributed by atoms with Crippen molar-refractivity contribution in [2.45, 2.75) is 20.3 Å². The molecule has 0 aliphatic carbocycles. The van der Waals surface area contributed by atoms with Gasteiger partial charge >= 0.3 is 5.97 Å². The maximum atomic E-state index is 13.1. The first-order valence-corrected chi connectivity index (χ1v) is 12.0. The summed E-state index contributed by atoms with van der Waals surface area (Å²) in [5.41, 5.74) is 6.04. The van der Waals surface area contributed by atoms with Crippen LogP contribution in [-0.2, 0) is 16.0 Å². The van der Waals surface area contributed by atoms with Crippen LogP contribution in [0, 0.1) is 0 Å². The Morgan fingerprint density at radius 1 is 0.943 bits per heavy atom. The molecule has 0 saturated heterocycles. The number of hydrogen-bond donors (Lipinski definition) is 2. The smallest absolute Gasteiger partial charge is 0.337 e. The molecule has 1 aliphatic rings. The Hall–Kier alpha value is -3.90. The average Bonchev–Trinajstić information content (AvgIpc) is 3.23. The highest BCUT2D eigenvalue weighted by atomic mass is 16.5. The molecule has 0 bridgehead atoms. The number of amides is 1. The molecule has 3 aromatic rings. The first kappa shape index (κ1) is 24.2. The normalized spacial score (nSPS) is 13.9. The average molecular weight is 470 g/mol. The van der Waals surface area contributed by atoms with E-state index in [1.807, 2.05) is 30.3 Å². The minimum Gasteiger partial charge on any atom is -0.465 e. The van der Waals surface area contributed by atoms with Gasteiger partial charge in [0.25, 0.3) is 5.91 Å². The van der Waals surface area contributed by atoms with E-state index in [1.165, 1.54) is 12.7 Å². The second-order valence-electron chi connectivity index (χ2n) is 8.42. The molecule has 1 amide bonds. The van der Waals surface area contributed by atoms with Crippen LogP contribution >= 0.6 is 0 Å². The number of carbonyl (C=O) groups excluding carboxylic acids is 2. The van der Waals surface area contributed by atoms with Gasteiger partial charge in [0.2, 0.25) is 0 Å². The van der Waals surface area contributed by atoms with Gasteiger partial charge in [0.05, 0.1) is 29.6 Å². The number of carbonyl (C=O) groups is 2. The Kier molecular flexibility index (Phi) is 7.63. The minimum absolute atomic E-state index is 0.218. The first-order valence-electron chi connectivity index (χ1n) is 12.0. The number of ether oxygens (including phenoxy) is 1. The van der Waals surface area contributed by atoms with E-state index in [4.69, 9.17) is 4.74 Å². The van der Waals surface area contributed by atoms with Crippen molar-refractivity contribution in [2.75, 3.05) is 37.4 Å². The van der Waals surface area contributed by atoms with Crippen molar-refractivity contribution in [3.8, 4) is 0 Å². The fourth-order valence-corrected chi connectivity index (χ4v) is 4.28. The predicted molar refractivity (Wildman–Crippen MR) is 141 cm³/mol. The zero-order valence-corrected chi connectivity index (χ0v) is 20.4. The molecule has 0 unspecified atom stereocenters. The predicted octanol–water partition coefficient (Wildman–Crippen LogP) is 5.29. The summed E-state index contributed by atoms with van der Waals surface area (Å²) in [5, 5.41) is 6.39. The highest BCUT2D eigenvalue weighted by molar-refractivity contribution is 6.37. The van der Waals surface area contributed by atoms with E-state index in [1.54, 1.807) is 18.2 Å². The van der Waals surface area contributed by atoms with Crippen molar-refractivity contribution in [3.05, 3.63) is 95.1 Å². The third kappa shape index (κ3) is 5.44. The van der Waals surface area contributed by atoms with E-state index in [0.29, 0.717) is 22.5 Å². The van der Waals surface area contributed by atoms with E-state index in [-0.39, 0.29) is 5.91 Å². The summed E-state index contributed by atoms with van der Waals surface area (Å²) in [6.45, 7) is 7.50. The Bertz CT molecular complexity index is 1230. The molecule has 2 N–H and O–H groups in total. The van der Waals surface area contributed by atoms with Crippen molar-refractivity contribution in [2.24, 2.45) is 0 Å². The number of nitrogens with zero attached hydrogens (tertiary/aromatic N) is 1. The molecule has 180 valence electrons. The Morgan fingerprint density at radius 3 is 2.31 bits per heavy atom. The topological polar surface area (TPSA) is 70.7 Å². The van der Waals surface area contributed by atoms with E-state index >= 15 is 0 Å². The van der Waals surface area contributed by atoms with E-state index in [2.05, 4.69) is 53.6 Å². The van der Waals surface area contributed by atoms with Crippen LogP contribution in [0.4, 0.5) is 11.4 Å². The Balaban J connectivity index is 1.67. The molecular formula is C29H31N3O3. The molecule has 0 spiro atoms. The summed E-state index contributed by atoms with van der Waals surface area (Å²) < 4.78 is 4.82.